The minimum atomic E-state index is -0.722. The Hall–Kier alpha value is -1.75. The average Bonchev–Trinajstić information content (AvgIpc) is 2.62. The fraction of sp³-hybridized carbons (Fsp3) is 0.632. The summed E-state index contributed by atoms with van der Waals surface area (Å²) in [5, 5.41) is 3.75. The van der Waals surface area contributed by atoms with Crippen molar-refractivity contribution in [3.8, 4) is 5.75 Å². The predicted molar refractivity (Wildman–Crippen MR) is 89.2 cm³/mol. The molecule has 2 aliphatic carbocycles. The van der Waals surface area contributed by atoms with Crippen molar-refractivity contribution in [2.24, 2.45) is 5.92 Å². The van der Waals surface area contributed by atoms with Gasteiger partial charge in [-0.2, -0.15) is 0 Å². The third-order valence-electron chi connectivity index (χ3n) is 6.19. The highest BCUT2D eigenvalue weighted by Crippen LogP contribution is 2.54. The van der Waals surface area contributed by atoms with E-state index in [1.807, 2.05) is 6.07 Å². The number of fused-ring (bicyclic) bond motifs is 1. The minimum absolute atomic E-state index is 0.119. The summed E-state index contributed by atoms with van der Waals surface area (Å²) < 4.78 is 14.9. The Bertz CT molecular complexity index is 628. The summed E-state index contributed by atoms with van der Waals surface area (Å²) in [5.41, 5.74) is 3.23. The zero-order valence-electron chi connectivity index (χ0n) is 14.2. The number of rotatable bonds is 3. The highest BCUT2D eigenvalue weighted by atomic mass is 16.8. The lowest BCUT2D eigenvalue weighted by Gasteiger charge is -2.56. The van der Waals surface area contributed by atoms with Crippen LogP contribution in [-0.2, 0) is 21.3 Å². The lowest BCUT2D eigenvalue weighted by Crippen LogP contribution is -2.59. The second kappa shape index (κ2) is 6.28. The van der Waals surface area contributed by atoms with Crippen LogP contribution in [0.4, 0.5) is 4.79 Å². The molecule has 1 aromatic carbocycles. The summed E-state index contributed by atoms with van der Waals surface area (Å²) >= 11 is 0. The van der Waals surface area contributed by atoms with Gasteiger partial charge in [0.05, 0.1) is 7.11 Å². The van der Waals surface area contributed by atoms with E-state index in [4.69, 9.17) is 9.47 Å². The van der Waals surface area contributed by atoms with Gasteiger partial charge in [0.1, 0.15) is 5.75 Å². The van der Waals surface area contributed by atoms with Crippen LogP contribution >= 0.6 is 0 Å². The molecule has 1 N–H and O–H groups in total. The molecular weight excluding hydrogens is 306 g/mol. The Morgan fingerprint density at radius 2 is 2.25 bits per heavy atom. The molecule has 5 nitrogen and oxygen atoms in total. The van der Waals surface area contributed by atoms with Gasteiger partial charge in [-0.3, -0.25) is 0 Å². The first-order valence-corrected chi connectivity index (χ1v) is 8.93. The van der Waals surface area contributed by atoms with Crippen LogP contribution in [0.15, 0.2) is 18.2 Å². The number of piperidine rings is 1. The number of methoxy groups -OCH3 is 1. The third-order valence-corrected chi connectivity index (χ3v) is 6.19. The molecule has 0 radical (unpaired) electrons. The van der Waals surface area contributed by atoms with Gasteiger partial charge >= 0.3 is 6.16 Å². The average molecular weight is 331 g/mol. The van der Waals surface area contributed by atoms with Gasteiger partial charge in [0.25, 0.3) is 0 Å². The maximum Gasteiger partial charge on any atom is 0.510 e. The molecule has 1 saturated heterocycles. The Labute approximate surface area is 142 Å². The lowest BCUT2D eigenvalue weighted by atomic mass is 9.53. The summed E-state index contributed by atoms with van der Waals surface area (Å²) in [7, 11) is 1.29. The van der Waals surface area contributed by atoms with Gasteiger partial charge in [-0.25, -0.2) is 4.79 Å². The molecule has 1 aromatic rings. The number of hydrogen-bond acceptors (Lipinski definition) is 5. The summed E-state index contributed by atoms with van der Waals surface area (Å²) in [6.45, 7) is 0.989. The molecule has 5 heteroatoms. The molecule has 1 aliphatic heterocycles. The van der Waals surface area contributed by atoms with Crippen molar-refractivity contribution in [1.29, 1.82) is 0 Å². The van der Waals surface area contributed by atoms with E-state index in [9.17, 15) is 4.79 Å². The van der Waals surface area contributed by atoms with Crippen LogP contribution in [0.25, 0.3) is 0 Å². The van der Waals surface area contributed by atoms with Crippen LogP contribution in [0.2, 0.25) is 0 Å². The van der Waals surface area contributed by atoms with Crippen LogP contribution < -0.4 is 10.1 Å². The molecule has 24 heavy (non-hydrogen) atoms. The smallest absolute Gasteiger partial charge is 0.457 e. The van der Waals surface area contributed by atoms with E-state index in [0.29, 0.717) is 11.5 Å². The van der Waals surface area contributed by atoms with Crippen molar-refractivity contribution < 1.29 is 19.0 Å². The highest BCUT2D eigenvalue weighted by molar-refractivity contribution is 5.59. The van der Waals surface area contributed by atoms with E-state index in [-0.39, 0.29) is 6.79 Å². The van der Waals surface area contributed by atoms with E-state index < -0.39 is 6.16 Å². The van der Waals surface area contributed by atoms with Gasteiger partial charge in [-0.05, 0) is 61.4 Å². The molecule has 0 spiro atoms. The largest absolute Gasteiger partial charge is 0.510 e. The fourth-order valence-electron chi connectivity index (χ4n) is 5.20. The first-order chi connectivity index (χ1) is 11.7. The highest BCUT2D eigenvalue weighted by Gasteiger charge is 2.51. The van der Waals surface area contributed by atoms with Crippen molar-refractivity contribution in [2.75, 3.05) is 20.4 Å². The summed E-state index contributed by atoms with van der Waals surface area (Å²) in [5.74, 6) is 1.52. The Kier molecular flexibility index (Phi) is 4.12. The summed E-state index contributed by atoms with van der Waals surface area (Å²) in [6.07, 6.45) is 6.88. The predicted octanol–water partition coefficient (Wildman–Crippen LogP) is 3.15. The van der Waals surface area contributed by atoms with Gasteiger partial charge in [0.2, 0.25) is 6.79 Å². The van der Waals surface area contributed by atoms with Crippen LogP contribution in [0, 0.1) is 5.92 Å². The van der Waals surface area contributed by atoms with Crippen molar-refractivity contribution in [2.45, 2.75) is 50.0 Å². The second-order valence-electron chi connectivity index (χ2n) is 7.20. The first kappa shape index (κ1) is 15.8. The van der Waals surface area contributed by atoms with E-state index >= 15 is 0 Å². The molecule has 3 atom stereocenters. The SMILES string of the molecule is COC(=O)OCOc1ccc2c(c1)[C@@]13CCCC[C@H]1[C@@H](C2)NCC3. The molecule has 130 valence electrons. The minimum Gasteiger partial charge on any atom is -0.457 e. The first-order valence-electron chi connectivity index (χ1n) is 8.93. The van der Waals surface area contributed by atoms with Gasteiger partial charge in [0.15, 0.2) is 0 Å². The molecule has 0 amide bonds. The van der Waals surface area contributed by atoms with Gasteiger partial charge in [0, 0.05) is 11.5 Å². The fourth-order valence-corrected chi connectivity index (χ4v) is 5.20. The molecule has 4 rings (SSSR count). The number of benzene rings is 1. The Balaban J connectivity index is 1.60. The maximum atomic E-state index is 11.0. The molecular formula is C19H25NO4. The number of ether oxygens (including phenoxy) is 3. The van der Waals surface area contributed by atoms with E-state index in [2.05, 4.69) is 22.2 Å². The maximum absolute atomic E-state index is 11.0. The molecule has 2 fully saturated rings. The zero-order chi connectivity index (χ0) is 16.6. The van der Waals surface area contributed by atoms with Crippen molar-refractivity contribution in [3.63, 3.8) is 0 Å². The van der Waals surface area contributed by atoms with Crippen LogP contribution in [-0.4, -0.2) is 32.6 Å². The summed E-state index contributed by atoms with van der Waals surface area (Å²) in [4.78, 5) is 11.0. The van der Waals surface area contributed by atoms with E-state index in [1.54, 1.807) is 0 Å². The topological polar surface area (TPSA) is 56.8 Å². The number of nitrogens with one attached hydrogen (secondary N) is 1. The lowest BCUT2D eigenvalue weighted by molar-refractivity contribution is 0.0147. The third kappa shape index (κ3) is 2.55. The van der Waals surface area contributed by atoms with Gasteiger partial charge < -0.3 is 19.5 Å². The quantitative estimate of drug-likeness (QED) is 0.681. The van der Waals surface area contributed by atoms with Crippen molar-refractivity contribution in [3.05, 3.63) is 29.3 Å². The molecule has 2 bridgehead atoms. The second-order valence-corrected chi connectivity index (χ2v) is 7.20. The van der Waals surface area contributed by atoms with Gasteiger partial charge in [-0.1, -0.05) is 18.9 Å². The molecule has 1 saturated carbocycles. The Morgan fingerprint density at radius 3 is 3.12 bits per heavy atom. The van der Waals surface area contributed by atoms with Crippen molar-refractivity contribution in [1.82, 2.24) is 5.32 Å². The van der Waals surface area contributed by atoms with E-state index in [1.165, 1.54) is 50.3 Å². The van der Waals surface area contributed by atoms with Crippen LogP contribution in [0.3, 0.4) is 0 Å². The molecule has 0 aromatic heterocycles. The number of hydrogen-bond donors (Lipinski definition) is 1. The molecule has 3 aliphatic rings. The van der Waals surface area contributed by atoms with E-state index in [0.717, 1.165) is 24.6 Å². The number of carbonyl (C=O) groups is 1. The zero-order valence-corrected chi connectivity index (χ0v) is 14.2. The standard InChI is InChI=1S/C19H25NO4/c1-22-18(21)24-12-23-14-6-5-13-10-17-15-4-2-3-7-19(15,8-9-20-17)16(13)11-14/h5-6,11,15,17,20H,2-4,7-10,12H2,1H3/t15-,17+,19+/m0/s1. The summed E-state index contributed by atoms with van der Waals surface area (Å²) in [6, 6.07) is 6.99. The monoisotopic (exact) mass is 331 g/mol. The molecule has 1 heterocycles. The van der Waals surface area contributed by atoms with Crippen molar-refractivity contribution >= 4 is 6.16 Å². The number of carbonyl (C=O) groups excluding carboxylic acids is 1. The molecule has 0 unspecified atom stereocenters. The van der Waals surface area contributed by atoms with Crippen LogP contribution in [0.1, 0.15) is 43.2 Å². The normalized spacial score (nSPS) is 30.7. The Morgan fingerprint density at radius 1 is 1.33 bits per heavy atom. The van der Waals surface area contributed by atoms with Gasteiger partial charge in [-0.15, -0.1) is 0 Å². The van der Waals surface area contributed by atoms with Crippen LogP contribution in [0.5, 0.6) is 5.75 Å².